The van der Waals surface area contributed by atoms with Crippen molar-refractivity contribution in [3.05, 3.63) is 99.5 Å². The van der Waals surface area contributed by atoms with Crippen LogP contribution in [0.3, 0.4) is 0 Å². The monoisotopic (exact) mass is 436 g/mol. The van der Waals surface area contributed by atoms with E-state index in [-0.39, 0.29) is 5.91 Å². The minimum absolute atomic E-state index is 0.313. The van der Waals surface area contributed by atoms with Gasteiger partial charge in [0.05, 0.1) is 17.3 Å². The number of nitrogens with zero attached hydrogens (tertiary/aromatic N) is 1. The summed E-state index contributed by atoms with van der Waals surface area (Å²) in [5.74, 6) is -0.297. The van der Waals surface area contributed by atoms with Gasteiger partial charge in [-0.2, -0.15) is 5.10 Å². The van der Waals surface area contributed by atoms with E-state index in [1.54, 1.807) is 54.6 Å². The van der Waals surface area contributed by atoms with Gasteiger partial charge in [-0.15, -0.1) is 0 Å². The second-order valence-corrected chi connectivity index (χ2v) is 6.86. The van der Waals surface area contributed by atoms with Crippen LogP contribution in [-0.4, -0.2) is 18.1 Å². The van der Waals surface area contributed by atoms with E-state index in [0.29, 0.717) is 21.3 Å². The van der Waals surface area contributed by atoms with Crippen molar-refractivity contribution in [3.8, 4) is 5.75 Å². The van der Waals surface area contributed by atoms with Crippen molar-refractivity contribution in [2.75, 3.05) is 0 Å². The lowest BCUT2D eigenvalue weighted by atomic mass is 10.1. The summed E-state index contributed by atoms with van der Waals surface area (Å²) in [5, 5.41) is 3.95. The summed E-state index contributed by atoms with van der Waals surface area (Å²) >= 11 is 3.33. The number of halogens is 1. The smallest absolute Gasteiger partial charge is 0.343 e. The van der Waals surface area contributed by atoms with Gasteiger partial charge in [-0.25, -0.2) is 10.2 Å². The molecule has 0 aliphatic rings. The maximum atomic E-state index is 12.1. The maximum absolute atomic E-state index is 12.1. The molecule has 0 aliphatic heterocycles. The highest BCUT2D eigenvalue weighted by molar-refractivity contribution is 9.10. The van der Waals surface area contributed by atoms with E-state index in [9.17, 15) is 9.59 Å². The summed E-state index contributed by atoms with van der Waals surface area (Å²) in [6, 6.07) is 21.1. The predicted molar refractivity (Wildman–Crippen MR) is 112 cm³/mol. The standard InChI is InChI=1S/C22H17BrN2O3/c1-15-6-10-17(11-7-15)22(27)28-18-12-8-16(9-13-18)14-24-25-21(26)19-4-2-3-5-20(19)23/h2-14H,1H3,(H,25,26)/b24-14-. The van der Waals surface area contributed by atoms with Gasteiger partial charge in [0.15, 0.2) is 0 Å². The summed E-state index contributed by atoms with van der Waals surface area (Å²) < 4.78 is 6.05. The fraction of sp³-hybridized carbons (Fsp3) is 0.0455. The Bertz CT molecular complexity index is 1010. The van der Waals surface area contributed by atoms with Crippen LogP contribution >= 0.6 is 15.9 Å². The SMILES string of the molecule is Cc1ccc(C(=O)Oc2ccc(/C=N\NC(=O)c3ccccc3Br)cc2)cc1. The number of hydrogen-bond acceptors (Lipinski definition) is 4. The summed E-state index contributed by atoms with van der Waals surface area (Å²) in [4.78, 5) is 24.2. The molecule has 1 N–H and O–H groups in total. The third kappa shape index (κ3) is 5.14. The second kappa shape index (κ2) is 9.10. The number of aryl methyl sites for hydroxylation is 1. The zero-order valence-electron chi connectivity index (χ0n) is 15.1. The summed E-state index contributed by atoms with van der Waals surface area (Å²) in [6.45, 7) is 1.95. The maximum Gasteiger partial charge on any atom is 0.343 e. The number of hydrazone groups is 1. The van der Waals surface area contributed by atoms with Gasteiger partial charge in [-0.05, 0) is 76.9 Å². The van der Waals surface area contributed by atoms with Gasteiger partial charge in [0.1, 0.15) is 5.75 Å². The summed E-state index contributed by atoms with van der Waals surface area (Å²) in [5.41, 5.74) is 5.29. The molecule has 0 aromatic heterocycles. The van der Waals surface area contributed by atoms with Gasteiger partial charge in [0, 0.05) is 4.47 Å². The molecule has 140 valence electrons. The molecule has 5 nitrogen and oxygen atoms in total. The molecule has 0 aliphatic carbocycles. The second-order valence-electron chi connectivity index (χ2n) is 6.00. The van der Waals surface area contributed by atoms with Crippen LogP contribution in [0.1, 0.15) is 31.8 Å². The Morgan fingerprint density at radius 1 is 0.964 bits per heavy atom. The van der Waals surface area contributed by atoms with Crippen LogP contribution in [0.2, 0.25) is 0 Å². The van der Waals surface area contributed by atoms with E-state index in [2.05, 4.69) is 26.5 Å². The molecule has 0 heterocycles. The summed E-state index contributed by atoms with van der Waals surface area (Å²) in [6.07, 6.45) is 1.51. The Labute approximate surface area is 171 Å². The van der Waals surface area contributed by atoms with Crippen LogP contribution in [0.25, 0.3) is 0 Å². The molecule has 0 radical (unpaired) electrons. The zero-order valence-corrected chi connectivity index (χ0v) is 16.6. The molecule has 0 unspecified atom stereocenters. The first-order chi connectivity index (χ1) is 13.5. The topological polar surface area (TPSA) is 67.8 Å². The number of amides is 1. The Kier molecular flexibility index (Phi) is 6.34. The molecule has 0 saturated carbocycles. The van der Waals surface area contributed by atoms with Crippen molar-refractivity contribution < 1.29 is 14.3 Å². The average molecular weight is 437 g/mol. The molecule has 0 bridgehead atoms. The number of rotatable bonds is 5. The molecular weight excluding hydrogens is 420 g/mol. The number of esters is 1. The van der Waals surface area contributed by atoms with Gasteiger partial charge >= 0.3 is 5.97 Å². The fourth-order valence-corrected chi connectivity index (χ4v) is 2.81. The number of benzene rings is 3. The van der Waals surface area contributed by atoms with Crippen LogP contribution in [0.15, 0.2) is 82.4 Å². The number of hydrogen-bond donors (Lipinski definition) is 1. The first-order valence-electron chi connectivity index (χ1n) is 8.50. The van der Waals surface area contributed by atoms with Gasteiger partial charge in [0.25, 0.3) is 5.91 Å². The van der Waals surface area contributed by atoms with Gasteiger partial charge < -0.3 is 4.74 Å². The molecule has 0 fully saturated rings. The molecule has 0 saturated heterocycles. The molecule has 6 heteroatoms. The predicted octanol–water partition coefficient (Wildman–Crippen LogP) is 4.74. The van der Waals surface area contributed by atoms with Crippen molar-refractivity contribution in [1.29, 1.82) is 0 Å². The van der Waals surface area contributed by atoms with E-state index in [1.165, 1.54) is 6.21 Å². The molecule has 3 aromatic rings. The molecule has 0 atom stereocenters. The largest absolute Gasteiger partial charge is 0.423 e. The highest BCUT2D eigenvalue weighted by Crippen LogP contribution is 2.16. The van der Waals surface area contributed by atoms with E-state index in [0.717, 1.165) is 11.1 Å². The Morgan fingerprint density at radius 3 is 2.32 bits per heavy atom. The number of carbonyl (C=O) groups is 2. The van der Waals surface area contributed by atoms with Crippen LogP contribution in [0.4, 0.5) is 0 Å². The zero-order chi connectivity index (χ0) is 19.9. The lowest BCUT2D eigenvalue weighted by molar-refractivity contribution is 0.0734. The summed E-state index contributed by atoms with van der Waals surface area (Å²) in [7, 11) is 0. The normalized spacial score (nSPS) is 10.6. The average Bonchev–Trinajstić information content (AvgIpc) is 2.70. The van der Waals surface area contributed by atoms with E-state index in [1.807, 2.05) is 25.1 Å². The molecule has 3 aromatic carbocycles. The molecule has 3 rings (SSSR count). The van der Waals surface area contributed by atoms with Gasteiger partial charge in [-0.3, -0.25) is 4.79 Å². The molecular formula is C22H17BrN2O3. The van der Waals surface area contributed by atoms with Gasteiger partial charge in [0.2, 0.25) is 0 Å². The molecule has 1 amide bonds. The Morgan fingerprint density at radius 2 is 1.64 bits per heavy atom. The highest BCUT2D eigenvalue weighted by Gasteiger charge is 2.09. The number of nitrogens with one attached hydrogen (secondary N) is 1. The van der Waals surface area contributed by atoms with Gasteiger partial charge in [-0.1, -0.05) is 29.8 Å². The first kappa shape index (κ1) is 19.5. The van der Waals surface area contributed by atoms with Crippen molar-refractivity contribution in [1.82, 2.24) is 5.43 Å². The van der Waals surface area contributed by atoms with Crippen molar-refractivity contribution in [2.45, 2.75) is 6.92 Å². The van der Waals surface area contributed by atoms with Crippen molar-refractivity contribution in [2.24, 2.45) is 5.10 Å². The lowest BCUT2D eigenvalue weighted by Crippen LogP contribution is -2.18. The number of ether oxygens (including phenoxy) is 1. The van der Waals surface area contributed by atoms with Crippen LogP contribution < -0.4 is 10.2 Å². The Balaban J connectivity index is 1.57. The fourth-order valence-electron chi connectivity index (χ4n) is 2.35. The van der Waals surface area contributed by atoms with E-state index < -0.39 is 5.97 Å². The van der Waals surface area contributed by atoms with E-state index in [4.69, 9.17) is 4.74 Å². The molecule has 28 heavy (non-hydrogen) atoms. The number of carbonyl (C=O) groups excluding carboxylic acids is 2. The van der Waals surface area contributed by atoms with Crippen LogP contribution in [0.5, 0.6) is 5.75 Å². The van der Waals surface area contributed by atoms with Crippen LogP contribution in [0, 0.1) is 6.92 Å². The highest BCUT2D eigenvalue weighted by atomic mass is 79.9. The minimum Gasteiger partial charge on any atom is -0.423 e. The first-order valence-corrected chi connectivity index (χ1v) is 9.29. The van der Waals surface area contributed by atoms with Crippen LogP contribution in [-0.2, 0) is 0 Å². The third-order valence-corrected chi connectivity index (χ3v) is 4.57. The lowest BCUT2D eigenvalue weighted by Gasteiger charge is -2.05. The van der Waals surface area contributed by atoms with Crippen molar-refractivity contribution >= 4 is 34.0 Å². The van der Waals surface area contributed by atoms with Crippen molar-refractivity contribution in [3.63, 3.8) is 0 Å². The van der Waals surface area contributed by atoms with E-state index >= 15 is 0 Å². The Hall–Kier alpha value is -3.25. The quantitative estimate of drug-likeness (QED) is 0.271. The third-order valence-electron chi connectivity index (χ3n) is 3.88. The molecule has 0 spiro atoms. The minimum atomic E-state index is -0.415.